The van der Waals surface area contributed by atoms with E-state index in [0.29, 0.717) is 18.9 Å². The van der Waals surface area contributed by atoms with E-state index in [9.17, 15) is 9.90 Å². The number of nitrogens with one attached hydrogen (secondary N) is 1. The topological polar surface area (TPSA) is 61.8 Å². The van der Waals surface area contributed by atoms with Crippen molar-refractivity contribution in [2.75, 3.05) is 43.6 Å². The molecule has 1 aliphatic heterocycles. The minimum absolute atomic E-state index is 0.0328. The molecule has 5 heteroatoms. The van der Waals surface area contributed by atoms with Gasteiger partial charge >= 0.3 is 0 Å². The van der Waals surface area contributed by atoms with Crippen molar-refractivity contribution >= 4 is 17.3 Å². The molecule has 0 aromatic heterocycles. The number of ether oxygens (including phenoxy) is 1. The Bertz CT molecular complexity index is 457. The number of hydrogen-bond donors (Lipinski definition) is 2. The Labute approximate surface area is 125 Å². The number of benzene rings is 1. The summed E-state index contributed by atoms with van der Waals surface area (Å²) in [4.78, 5) is 14.1. The third-order valence-electron chi connectivity index (χ3n) is 3.92. The molecule has 0 bridgehead atoms. The Balaban J connectivity index is 2.01. The third-order valence-corrected chi connectivity index (χ3v) is 3.92. The number of amides is 1. The molecule has 1 heterocycles. The van der Waals surface area contributed by atoms with Crippen molar-refractivity contribution in [1.82, 2.24) is 0 Å². The van der Waals surface area contributed by atoms with E-state index in [1.165, 1.54) is 0 Å². The van der Waals surface area contributed by atoms with Crippen LogP contribution < -0.4 is 10.2 Å². The average Bonchev–Trinajstić information content (AvgIpc) is 2.53. The molecule has 1 saturated heterocycles. The normalized spacial score (nSPS) is 16.0. The lowest BCUT2D eigenvalue weighted by Crippen LogP contribution is -2.35. The molecule has 1 aliphatic rings. The standard InChI is InChI=1S/C16H24N2O3/c1-21-11-8-16(20)17-14-4-2-3-5-15(14)18-9-6-13(12-19)7-10-18/h2-5,13,19H,6-12H2,1H3,(H,17,20). The number of para-hydroxylation sites is 2. The second-order valence-corrected chi connectivity index (χ2v) is 5.42. The number of carbonyl (C=O) groups excluding carboxylic acids is 1. The fraction of sp³-hybridized carbons (Fsp3) is 0.562. The van der Waals surface area contributed by atoms with Gasteiger partial charge in [0.05, 0.1) is 24.4 Å². The van der Waals surface area contributed by atoms with Crippen LogP contribution in [0.25, 0.3) is 0 Å². The largest absolute Gasteiger partial charge is 0.396 e. The quantitative estimate of drug-likeness (QED) is 0.840. The van der Waals surface area contributed by atoms with Gasteiger partial charge in [-0.05, 0) is 30.9 Å². The van der Waals surface area contributed by atoms with Gasteiger partial charge in [0, 0.05) is 26.8 Å². The van der Waals surface area contributed by atoms with Crippen LogP contribution in [0.2, 0.25) is 0 Å². The van der Waals surface area contributed by atoms with E-state index in [2.05, 4.69) is 10.2 Å². The molecule has 0 atom stereocenters. The molecule has 0 radical (unpaired) electrons. The van der Waals surface area contributed by atoms with Crippen molar-refractivity contribution in [3.8, 4) is 0 Å². The summed E-state index contributed by atoms with van der Waals surface area (Å²) in [6.07, 6.45) is 2.34. The van der Waals surface area contributed by atoms with Gasteiger partial charge in [-0.15, -0.1) is 0 Å². The Morgan fingerprint density at radius 3 is 2.76 bits per heavy atom. The number of hydrogen-bond acceptors (Lipinski definition) is 4. The molecule has 5 nitrogen and oxygen atoms in total. The molecular weight excluding hydrogens is 268 g/mol. The summed E-state index contributed by atoms with van der Waals surface area (Å²) in [5.74, 6) is 0.374. The fourth-order valence-corrected chi connectivity index (χ4v) is 2.62. The monoisotopic (exact) mass is 292 g/mol. The minimum Gasteiger partial charge on any atom is -0.396 e. The van der Waals surface area contributed by atoms with Crippen LogP contribution in [0.5, 0.6) is 0 Å². The highest BCUT2D eigenvalue weighted by atomic mass is 16.5. The number of piperidine rings is 1. The van der Waals surface area contributed by atoms with Crippen molar-refractivity contribution < 1.29 is 14.6 Å². The van der Waals surface area contributed by atoms with E-state index in [1.54, 1.807) is 7.11 Å². The van der Waals surface area contributed by atoms with Crippen LogP contribution >= 0.6 is 0 Å². The molecule has 21 heavy (non-hydrogen) atoms. The maximum absolute atomic E-state index is 11.9. The first kappa shape index (κ1) is 15.8. The Hall–Kier alpha value is -1.59. The van der Waals surface area contributed by atoms with Crippen LogP contribution in [-0.4, -0.2) is 44.4 Å². The summed E-state index contributed by atoms with van der Waals surface area (Å²) in [5.41, 5.74) is 1.90. The molecule has 0 unspecified atom stereocenters. The van der Waals surface area contributed by atoms with Crippen molar-refractivity contribution in [1.29, 1.82) is 0 Å². The van der Waals surface area contributed by atoms with Crippen molar-refractivity contribution in [2.45, 2.75) is 19.3 Å². The van der Waals surface area contributed by atoms with E-state index in [-0.39, 0.29) is 12.5 Å². The maximum atomic E-state index is 11.9. The van der Waals surface area contributed by atoms with Crippen LogP contribution in [0.4, 0.5) is 11.4 Å². The number of carbonyl (C=O) groups is 1. The summed E-state index contributed by atoms with van der Waals surface area (Å²) in [6.45, 7) is 2.52. The molecule has 0 aliphatic carbocycles. The summed E-state index contributed by atoms with van der Waals surface area (Å²) in [6, 6.07) is 7.87. The van der Waals surface area contributed by atoms with Gasteiger partial charge in [0.2, 0.25) is 5.91 Å². The van der Waals surface area contributed by atoms with Gasteiger partial charge in [-0.2, -0.15) is 0 Å². The fourth-order valence-electron chi connectivity index (χ4n) is 2.62. The Morgan fingerprint density at radius 2 is 2.10 bits per heavy atom. The molecule has 0 saturated carbocycles. The molecule has 1 aromatic rings. The van der Waals surface area contributed by atoms with E-state index in [1.807, 2.05) is 24.3 Å². The molecule has 1 fully saturated rings. The van der Waals surface area contributed by atoms with Gasteiger partial charge in [0.25, 0.3) is 0 Å². The van der Waals surface area contributed by atoms with Gasteiger partial charge < -0.3 is 20.1 Å². The highest BCUT2D eigenvalue weighted by Crippen LogP contribution is 2.29. The van der Waals surface area contributed by atoms with Crippen molar-refractivity contribution in [3.63, 3.8) is 0 Å². The molecule has 116 valence electrons. The molecule has 1 aromatic carbocycles. The zero-order valence-corrected chi connectivity index (χ0v) is 12.5. The first-order chi connectivity index (χ1) is 10.2. The van der Waals surface area contributed by atoms with E-state index in [0.717, 1.165) is 37.3 Å². The van der Waals surface area contributed by atoms with Gasteiger partial charge in [-0.25, -0.2) is 0 Å². The van der Waals surface area contributed by atoms with Crippen molar-refractivity contribution in [2.24, 2.45) is 5.92 Å². The number of nitrogens with zero attached hydrogens (tertiary/aromatic N) is 1. The summed E-state index contributed by atoms with van der Waals surface area (Å²) in [7, 11) is 1.59. The highest BCUT2D eigenvalue weighted by molar-refractivity contribution is 5.94. The van der Waals surface area contributed by atoms with Gasteiger partial charge in [-0.3, -0.25) is 4.79 Å². The smallest absolute Gasteiger partial charge is 0.226 e. The van der Waals surface area contributed by atoms with Gasteiger partial charge in [-0.1, -0.05) is 12.1 Å². The first-order valence-electron chi connectivity index (χ1n) is 7.48. The molecule has 0 spiro atoms. The third kappa shape index (κ3) is 4.44. The Kier molecular flexibility index (Phi) is 6.02. The summed E-state index contributed by atoms with van der Waals surface area (Å²) >= 11 is 0. The predicted molar refractivity (Wildman–Crippen MR) is 83.6 cm³/mol. The van der Waals surface area contributed by atoms with E-state index >= 15 is 0 Å². The number of anilines is 2. The molecular formula is C16H24N2O3. The number of rotatable bonds is 6. The summed E-state index contributed by atoms with van der Waals surface area (Å²) < 4.78 is 4.93. The van der Waals surface area contributed by atoms with Crippen LogP contribution in [0.1, 0.15) is 19.3 Å². The lowest BCUT2D eigenvalue weighted by atomic mass is 9.97. The highest BCUT2D eigenvalue weighted by Gasteiger charge is 2.20. The zero-order valence-electron chi connectivity index (χ0n) is 12.5. The lowest BCUT2D eigenvalue weighted by molar-refractivity contribution is -0.117. The minimum atomic E-state index is -0.0328. The molecule has 2 N–H and O–H groups in total. The number of aliphatic hydroxyl groups excluding tert-OH is 1. The number of aliphatic hydroxyl groups is 1. The molecule has 1 amide bonds. The first-order valence-corrected chi connectivity index (χ1v) is 7.48. The Morgan fingerprint density at radius 1 is 1.38 bits per heavy atom. The van der Waals surface area contributed by atoms with E-state index < -0.39 is 0 Å². The van der Waals surface area contributed by atoms with Gasteiger partial charge in [0.15, 0.2) is 0 Å². The van der Waals surface area contributed by atoms with Crippen molar-refractivity contribution in [3.05, 3.63) is 24.3 Å². The van der Waals surface area contributed by atoms with E-state index in [4.69, 9.17) is 4.74 Å². The SMILES string of the molecule is COCCC(=O)Nc1ccccc1N1CCC(CO)CC1. The van der Waals surface area contributed by atoms with Crippen LogP contribution in [0.3, 0.4) is 0 Å². The second-order valence-electron chi connectivity index (χ2n) is 5.42. The second kappa shape index (κ2) is 8.00. The van der Waals surface area contributed by atoms with Crippen LogP contribution in [0.15, 0.2) is 24.3 Å². The zero-order chi connectivity index (χ0) is 15.1. The molecule has 2 rings (SSSR count). The summed E-state index contributed by atoms with van der Waals surface area (Å²) in [5, 5.41) is 12.2. The van der Waals surface area contributed by atoms with Crippen LogP contribution in [-0.2, 0) is 9.53 Å². The maximum Gasteiger partial charge on any atom is 0.226 e. The number of methoxy groups -OCH3 is 1. The van der Waals surface area contributed by atoms with Crippen LogP contribution in [0, 0.1) is 5.92 Å². The predicted octanol–water partition coefficient (Wildman–Crippen LogP) is 1.87. The lowest BCUT2D eigenvalue weighted by Gasteiger charge is -2.34. The van der Waals surface area contributed by atoms with Gasteiger partial charge in [0.1, 0.15) is 0 Å². The average molecular weight is 292 g/mol.